The highest BCUT2D eigenvalue weighted by molar-refractivity contribution is 9.11. The Morgan fingerprint density at radius 1 is 1.75 bits per heavy atom. The molecule has 70 valence electrons. The van der Waals surface area contributed by atoms with Crippen LogP contribution in [-0.4, -0.2) is 37.2 Å². The third-order valence-electron chi connectivity index (χ3n) is 2.40. The average molecular weight is 234 g/mol. The lowest BCUT2D eigenvalue weighted by molar-refractivity contribution is 0.0157. The summed E-state index contributed by atoms with van der Waals surface area (Å²) in [5.74, 6) is 0. The van der Waals surface area contributed by atoms with Crippen LogP contribution in [0.15, 0.2) is 11.1 Å². The molecule has 0 N–H and O–H groups in total. The van der Waals surface area contributed by atoms with Crippen molar-refractivity contribution < 1.29 is 4.74 Å². The van der Waals surface area contributed by atoms with Gasteiger partial charge < -0.3 is 4.74 Å². The van der Waals surface area contributed by atoms with Gasteiger partial charge in [-0.1, -0.05) is 22.5 Å². The Balaban J connectivity index is 2.40. The van der Waals surface area contributed by atoms with Crippen molar-refractivity contribution in [1.29, 1.82) is 0 Å². The molecular formula is C9H16BrNO. The molecule has 1 atom stereocenters. The highest BCUT2D eigenvalue weighted by Crippen LogP contribution is 2.24. The molecule has 3 heteroatoms. The molecule has 0 aromatic carbocycles. The maximum absolute atomic E-state index is 5.42. The van der Waals surface area contributed by atoms with Crippen molar-refractivity contribution >= 4 is 15.9 Å². The molecule has 0 spiro atoms. The van der Waals surface area contributed by atoms with E-state index in [-0.39, 0.29) is 5.60 Å². The fourth-order valence-corrected chi connectivity index (χ4v) is 1.92. The van der Waals surface area contributed by atoms with E-state index in [1.807, 2.05) is 0 Å². The van der Waals surface area contributed by atoms with Crippen LogP contribution in [0.25, 0.3) is 0 Å². The summed E-state index contributed by atoms with van der Waals surface area (Å²) in [4.78, 5) is 2.35. The molecule has 1 unspecified atom stereocenters. The summed E-state index contributed by atoms with van der Waals surface area (Å²) in [6.45, 7) is 9.03. The molecule has 0 aromatic rings. The molecule has 1 aliphatic heterocycles. The highest BCUT2D eigenvalue weighted by atomic mass is 79.9. The van der Waals surface area contributed by atoms with Gasteiger partial charge >= 0.3 is 0 Å². The maximum Gasteiger partial charge on any atom is 0.0789 e. The van der Waals surface area contributed by atoms with Gasteiger partial charge in [-0.05, 0) is 13.3 Å². The topological polar surface area (TPSA) is 12.5 Å². The van der Waals surface area contributed by atoms with Crippen molar-refractivity contribution in [3.05, 3.63) is 11.1 Å². The van der Waals surface area contributed by atoms with Gasteiger partial charge in [-0.15, -0.1) is 0 Å². The van der Waals surface area contributed by atoms with Crippen molar-refractivity contribution in [1.82, 2.24) is 4.90 Å². The molecule has 0 amide bonds. The molecule has 1 fully saturated rings. The summed E-state index contributed by atoms with van der Waals surface area (Å²) in [6, 6.07) is 0. The van der Waals surface area contributed by atoms with Crippen molar-refractivity contribution in [2.75, 3.05) is 26.7 Å². The minimum absolute atomic E-state index is 0.0580. The fourth-order valence-electron chi connectivity index (χ4n) is 1.57. The minimum Gasteiger partial charge on any atom is -0.377 e. The lowest BCUT2D eigenvalue weighted by atomic mass is 10.1. The van der Waals surface area contributed by atoms with Gasteiger partial charge in [0.15, 0.2) is 0 Å². The Hall–Kier alpha value is 0.140. The number of halogens is 1. The van der Waals surface area contributed by atoms with Gasteiger partial charge in [0.05, 0.1) is 5.60 Å². The number of methoxy groups -OCH3 is 1. The Morgan fingerprint density at radius 3 is 2.83 bits per heavy atom. The monoisotopic (exact) mass is 233 g/mol. The molecule has 1 heterocycles. The quantitative estimate of drug-likeness (QED) is 0.740. The van der Waals surface area contributed by atoms with Gasteiger partial charge in [0.2, 0.25) is 0 Å². The molecule has 0 aliphatic carbocycles. The second kappa shape index (κ2) is 3.90. The van der Waals surface area contributed by atoms with Crippen molar-refractivity contribution in [3.8, 4) is 0 Å². The van der Waals surface area contributed by atoms with E-state index in [9.17, 15) is 0 Å². The SMILES string of the molecule is C=C(Br)CN1CCC(C)(OC)C1. The van der Waals surface area contributed by atoms with Crippen LogP contribution in [0.1, 0.15) is 13.3 Å². The second-order valence-electron chi connectivity index (χ2n) is 3.63. The Bertz CT molecular complexity index is 183. The summed E-state index contributed by atoms with van der Waals surface area (Å²) in [5.41, 5.74) is 0.0580. The van der Waals surface area contributed by atoms with E-state index in [0.717, 1.165) is 30.5 Å². The third kappa shape index (κ3) is 2.57. The first-order chi connectivity index (χ1) is 5.56. The van der Waals surface area contributed by atoms with Crippen molar-refractivity contribution in [3.63, 3.8) is 0 Å². The van der Waals surface area contributed by atoms with Gasteiger partial charge in [-0.2, -0.15) is 0 Å². The van der Waals surface area contributed by atoms with Crippen molar-refractivity contribution in [2.45, 2.75) is 18.9 Å². The minimum atomic E-state index is 0.0580. The summed E-state index contributed by atoms with van der Waals surface area (Å²) < 4.78 is 6.47. The molecule has 2 nitrogen and oxygen atoms in total. The lowest BCUT2D eigenvalue weighted by Gasteiger charge is -2.22. The van der Waals surface area contributed by atoms with Crippen LogP contribution in [0.4, 0.5) is 0 Å². The summed E-state index contributed by atoms with van der Waals surface area (Å²) in [5, 5.41) is 0. The van der Waals surface area contributed by atoms with E-state index in [1.54, 1.807) is 7.11 Å². The van der Waals surface area contributed by atoms with Crippen LogP contribution in [0.5, 0.6) is 0 Å². The van der Waals surface area contributed by atoms with E-state index in [4.69, 9.17) is 4.74 Å². The largest absolute Gasteiger partial charge is 0.377 e. The van der Waals surface area contributed by atoms with Gasteiger partial charge in [0.25, 0.3) is 0 Å². The Kier molecular flexibility index (Phi) is 3.32. The molecule has 1 aliphatic rings. The van der Waals surface area contributed by atoms with Crippen LogP contribution in [0.2, 0.25) is 0 Å². The van der Waals surface area contributed by atoms with Gasteiger partial charge in [0.1, 0.15) is 0 Å². The van der Waals surface area contributed by atoms with Crippen LogP contribution >= 0.6 is 15.9 Å². The van der Waals surface area contributed by atoms with E-state index in [1.165, 1.54) is 0 Å². The molecule has 0 aromatic heterocycles. The van der Waals surface area contributed by atoms with Crippen LogP contribution in [0, 0.1) is 0 Å². The molecule has 0 bridgehead atoms. The third-order valence-corrected chi connectivity index (χ3v) is 2.65. The summed E-state index contributed by atoms with van der Waals surface area (Å²) >= 11 is 3.37. The number of rotatable bonds is 3. The fraction of sp³-hybridized carbons (Fsp3) is 0.778. The number of nitrogens with zero attached hydrogens (tertiary/aromatic N) is 1. The number of hydrogen-bond acceptors (Lipinski definition) is 2. The van der Waals surface area contributed by atoms with Gasteiger partial charge in [-0.3, -0.25) is 4.90 Å². The molecule has 1 saturated heterocycles. The first-order valence-electron chi connectivity index (χ1n) is 4.16. The molecule has 1 rings (SSSR count). The van der Waals surface area contributed by atoms with Gasteiger partial charge in [0, 0.05) is 31.2 Å². The first-order valence-corrected chi connectivity index (χ1v) is 4.96. The number of likely N-dealkylation sites (tertiary alicyclic amines) is 1. The predicted molar refractivity (Wildman–Crippen MR) is 54.5 cm³/mol. The van der Waals surface area contributed by atoms with E-state index >= 15 is 0 Å². The Labute approximate surface area is 82.7 Å². The zero-order valence-corrected chi connectivity index (χ0v) is 9.35. The van der Waals surface area contributed by atoms with Crippen LogP contribution in [-0.2, 0) is 4.74 Å². The number of ether oxygens (including phenoxy) is 1. The number of hydrogen-bond donors (Lipinski definition) is 0. The second-order valence-corrected chi connectivity index (χ2v) is 4.75. The van der Waals surface area contributed by atoms with E-state index in [2.05, 4.69) is 34.3 Å². The van der Waals surface area contributed by atoms with E-state index < -0.39 is 0 Å². The smallest absolute Gasteiger partial charge is 0.0789 e. The molecular weight excluding hydrogens is 218 g/mol. The summed E-state index contributed by atoms with van der Waals surface area (Å²) in [6.07, 6.45) is 1.11. The van der Waals surface area contributed by atoms with E-state index in [0.29, 0.717) is 0 Å². The molecule has 12 heavy (non-hydrogen) atoms. The average Bonchev–Trinajstić information content (AvgIpc) is 2.32. The zero-order valence-electron chi connectivity index (χ0n) is 7.77. The molecule has 0 radical (unpaired) electrons. The standard InChI is InChI=1S/C9H16BrNO/c1-8(10)6-11-5-4-9(2,7-11)12-3/h1,4-7H2,2-3H3. The van der Waals surface area contributed by atoms with Gasteiger partial charge in [-0.25, -0.2) is 0 Å². The first kappa shape index (κ1) is 10.2. The Morgan fingerprint density at radius 2 is 2.42 bits per heavy atom. The zero-order chi connectivity index (χ0) is 9.19. The maximum atomic E-state index is 5.42. The highest BCUT2D eigenvalue weighted by Gasteiger charge is 2.33. The lowest BCUT2D eigenvalue weighted by Crippen LogP contribution is -2.32. The summed E-state index contributed by atoms with van der Waals surface area (Å²) in [7, 11) is 1.78. The predicted octanol–water partition coefficient (Wildman–Crippen LogP) is 2.01. The van der Waals surface area contributed by atoms with Crippen molar-refractivity contribution in [2.24, 2.45) is 0 Å². The molecule has 0 saturated carbocycles. The van der Waals surface area contributed by atoms with Crippen LogP contribution < -0.4 is 0 Å². The normalized spacial score (nSPS) is 30.9. The van der Waals surface area contributed by atoms with Crippen LogP contribution in [0.3, 0.4) is 0 Å².